The average Bonchev–Trinajstić information content (AvgIpc) is 2.15. The Kier molecular flexibility index (Phi) is 2.88. The van der Waals surface area contributed by atoms with Gasteiger partial charge >= 0.3 is 0 Å². The predicted molar refractivity (Wildman–Crippen MR) is 44.0 cm³/mol. The number of hydrogen-bond acceptors (Lipinski definition) is 2. The van der Waals surface area contributed by atoms with Gasteiger partial charge in [0, 0.05) is 20.0 Å². The van der Waals surface area contributed by atoms with E-state index >= 15 is 0 Å². The van der Waals surface area contributed by atoms with Crippen LogP contribution in [0.3, 0.4) is 0 Å². The van der Waals surface area contributed by atoms with E-state index in [1.165, 1.54) is 0 Å². The summed E-state index contributed by atoms with van der Waals surface area (Å²) in [7, 11) is 1.86. The SMILES string of the molecule is CN1CC(CN)CCCC1=O. The third kappa shape index (κ3) is 2.19. The van der Waals surface area contributed by atoms with Gasteiger partial charge in [0.1, 0.15) is 0 Å². The lowest BCUT2D eigenvalue weighted by molar-refractivity contribution is -0.129. The van der Waals surface area contributed by atoms with Crippen molar-refractivity contribution in [3.63, 3.8) is 0 Å². The van der Waals surface area contributed by atoms with Crippen molar-refractivity contribution in [3.05, 3.63) is 0 Å². The van der Waals surface area contributed by atoms with Crippen molar-refractivity contribution < 1.29 is 4.79 Å². The van der Waals surface area contributed by atoms with Crippen molar-refractivity contribution in [2.75, 3.05) is 20.1 Å². The van der Waals surface area contributed by atoms with E-state index in [4.69, 9.17) is 5.73 Å². The van der Waals surface area contributed by atoms with Crippen molar-refractivity contribution in [1.29, 1.82) is 0 Å². The largest absolute Gasteiger partial charge is 0.345 e. The van der Waals surface area contributed by atoms with Gasteiger partial charge < -0.3 is 10.6 Å². The van der Waals surface area contributed by atoms with Crippen LogP contribution in [0, 0.1) is 5.92 Å². The van der Waals surface area contributed by atoms with Crippen LogP contribution in [0.5, 0.6) is 0 Å². The van der Waals surface area contributed by atoms with Crippen LogP contribution >= 0.6 is 0 Å². The molecule has 0 radical (unpaired) electrons. The molecule has 2 N–H and O–H groups in total. The number of carbonyl (C=O) groups is 1. The Morgan fingerprint density at radius 1 is 1.73 bits per heavy atom. The zero-order valence-electron chi connectivity index (χ0n) is 7.05. The molecule has 0 bridgehead atoms. The van der Waals surface area contributed by atoms with Crippen LogP contribution in [-0.4, -0.2) is 30.9 Å². The smallest absolute Gasteiger partial charge is 0.222 e. The molecule has 1 amide bonds. The number of nitrogens with two attached hydrogens (primary N) is 1. The summed E-state index contributed by atoms with van der Waals surface area (Å²) >= 11 is 0. The molecule has 1 heterocycles. The predicted octanol–water partition coefficient (Wildman–Crippen LogP) is 0.204. The maximum atomic E-state index is 11.2. The Balaban J connectivity index is 2.48. The van der Waals surface area contributed by atoms with E-state index in [0.717, 1.165) is 19.4 Å². The highest BCUT2D eigenvalue weighted by Gasteiger charge is 2.18. The first-order valence-corrected chi connectivity index (χ1v) is 4.18. The number of carbonyl (C=O) groups excluding carboxylic acids is 1. The van der Waals surface area contributed by atoms with E-state index in [1.807, 2.05) is 7.05 Å². The molecule has 1 unspecified atom stereocenters. The van der Waals surface area contributed by atoms with Crippen molar-refractivity contribution in [3.8, 4) is 0 Å². The lowest BCUT2D eigenvalue weighted by atomic mass is 10.0. The van der Waals surface area contributed by atoms with Gasteiger partial charge in [-0.15, -0.1) is 0 Å². The summed E-state index contributed by atoms with van der Waals surface area (Å²) in [5, 5.41) is 0. The van der Waals surface area contributed by atoms with Crippen LogP contribution in [-0.2, 0) is 4.79 Å². The molecule has 1 atom stereocenters. The molecule has 0 aromatic rings. The topological polar surface area (TPSA) is 46.3 Å². The van der Waals surface area contributed by atoms with Crippen LogP contribution in [0.1, 0.15) is 19.3 Å². The molecule has 1 aliphatic heterocycles. The van der Waals surface area contributed by atoms with Crippen molar-refractivity contribution in [2.24, 2.45) is 11.7 Å². The highest BCUT2D eigenvalue weighted by molar-refractivity contribution is 5.76. The minimum Gasteiger partial charge on any atom is -0.345 e. The lowest BCUT2D eigenvalue weighted by Crippen LogP contribution is -2.31. The summed E-state index contributed by atoms with van der Waals surface area (Å²) in [4.78, 5) is 13.0. The second kappa shape index (κ2) is 3.72. The first-order valence-electron chi connectivity index (χ1n) is 4.18. The number of hydrogen-bond donors (Lipinski definition) is 1. The molecule has 0 aliphatic carbocycles. The molecule has 1 fully saturated rings. The summed E-state index contributed by atoms with van der Waals surface area (Å²) in [6.45, 7) is 1.55. The van der Waals surface area contributed by atoms with Crippen molar-refractivity contribution in [2.45, 2.75) is 19.3 Å². The van der Waals surface area contributed by atoms with Gasteiger partial charge in [0.2, 0.25) is 5.91 Å². The van der Waals surface area contributed by atoms with E-state index in [2.05, 4.69) is 0 Å². The monoisotopic (exact) mass is 156 g/mol. The third-order valence-corrected chi connectivity index (χ3v) is 2.29. The molecule has 0 spiro atoms. The minimum absolute atomic E-state index is 0.265. The van der Waals surface area contributed by atoms with Gasteiger partial charge in [-0.1, -0.05) is 0 Å². The summed E-state index contributed by atoms with van der Waals surface area (Å²) in [6.07, 6.45) is 2.81. The van der Waals surface area contributed by atoms with Crippen molar-refractivity contribution in [1.82, 2.24) is 4.90 Å². The second-order valence-electron chi connectivity index (χ2n) is 3.27. The number of likely N-dealkylation sites (tertiary alicyclic amines) is 1. The number of nitrogens with zero attached hydrogens (tertiary/aromatic N) is 1. The molecule has 3 heteroatoms. The molecule has 1 rings (SSSR count). The number of amides is 1. The van der Waals surface area contributed by atoms with E-state index in [-0.39, 0.29) is 5.91 Å². The summed E-state index contributed by atoms with van der Waals surface area (Å²) < 4.78 is 0. The Bertz CT molecular complexity index is 147. The van der Waals surface area contributed by atoms with Gasteiger partial charge in [-0.3, -0.25) is 4.79 Å². The molecule has 11 heavy (non-hydrogen) atoms. The van der Waals surface area contributed by atoms with E-state index in [1.54, 1.807) is 4.90 Å². The van der Waals surface area contributed by atoms with Crippen molar-refractivity contribution >= 4 is 5.91 Å². The molecule has 3 nitrogen and oxygen atoms in total. The molecular formula is C8H16N2O. The Labute approximate surface area is 67.5 Å². The van der Waals surface area contributed by atoms with Crippen LogP contribution in [0.15, 0.2) is 0 Å². The van der Waals surface area contributed by atoms with Gasteiger partial charge in [0.25, 0.3) is 0 Å². The zero-order chi connectivity index (χ0) is 8.27. The molecule has 1 saturated heterocycles. The Morgan fingerprint density at radius 2 is 2.45 bits per heavy atom. The minimum atomic E-state index is 0.265. The molecular weight excluding hydrogens is 140 g/mol. The Hall–Kier alpha value is -0.570. The Morgan fingerprint density at radius 3 is 3.09 bits per heavy atom. The molecule has 0 aromatic carbocycles. The summed E-state index contributed by atoms with van der Waals surface area (Å²) in [6, 6.07) is 0. The third-order valence-electron chi connectivity index (χ3n) is 2.29. The fourth-order valence-corrected chi connectivity index (χ4v) is 1.51. The zero-order valence-corrected chi connectivity index (χ0v) is 7.05. The van der Waals surface area contributed by atoms with Gasteiger partial charge in [-0.25, -0.2) is 0 Å². The molecule has 64 valence electrons. The van der Waals surface area contributed by atoms with E-state index in [9.17, 15) is 4.79 Å². The molecule has 0 saturated carbocycles. The normalized spacial score (nSPS) is 26.9. The maximum absolute atomic E-state index is 11.2. The fourth-order valence-electron chi connectivity index (χ4n) is 1.51. The van der Waals surface area contributed by atoms with Crippen LogP contribution in [0.2, 0.25) is 0 Å². The van der Waals surface area contributed by atoms with Gasteiger partial charge in [0.15, 0.2) is 0 Å². The molecule has 0 aromatic heterocycles. The first-order chi connectivity index (χ1) is 5.24. The standard InChI is InChI=1S/C8H16N2O/c1-10-6-7(5-9)3-2-4-8(10)11/h7H,2-6,9H2,1H3. The number of rotatable bonds is 1. The van der Waals surface area contributed by atoms with E-state index < -0.39 is 0 Å². The van der Waals surface area contributed by atoms with Gasteiger partial charge in [-0.05, 0) is 25.3 Å². The highest BCUT2D eigenvalue weighted by atomic mass is 16.2. The highest BCUT2D eigenvalue weighted by Crippen LogP contribution is 2.14. The lowest BCUT2D eigenvalue weighted by Gasteiger charge is -2.18. The average molecular weight is 156 g/mol. The van der Waals surface area contributed by atoms with E-state index in [0.29, 0.717) is 18.9 Å². The van der Waals surface area contributed by atoms with Gasteiger partial charge in [-0.2, -0.15) is 0 Å². The quantitative estimate of drug-likeness (QED) is 0.589. The molecule has 1 aliphatic rings. The second-order valence-corrected chi connectivity index (χ2v) is 3.27. The van der Waals surface area contributed by atoms with Crippen LogP contribution in [0.25, 0.3) is 0 Å². The summed E-state index contributed by atoms with van der Waals surface area (Å²) in [5.41, 5.74) is 5.54. The first kappa shape index (κ1) is 8.53. The maximum Gasteiger partial charge on any atom is 0.222 e. The van der Waals surface area contributed by atoms with Crippen LogP contribution < -0.4 is 5.73 Å². The summed E-state index contributed by atoms with van der Waals surface area (Å²) in [5.74, 6) is 0.785. The van der Waals surface area contributed by atoms with Gasteiger partial charge in [0.05, 0.1) is 0 Å². The van der Waals surface area contributed by atoms with Crippen LogP contribution in [0.4, 0.5) is 0 Å². The fraction of sp³-hybridized carbons (Fsp3) is 0.875.